The molecule has 3 N–H and O–H groups in total. The summed E-state index contributed by atoms with van der Waals surface area (Å²) in [5, 5.41) is 7.46. The van der Waals surface area contributed by atoms with Crippen molar-refractivity contribution < 1.29 is 4.74 Å². The van der Waals surface area contributed by atoms with Gasteiger partial charge in [0.05, 0.1) is 12.4 Å². The van der Waals surface area contributed by atoms with Crippen LogP contribution in [0, 0.1) is 11.3 Å². The molecule has 4 nitrogen and oxygen atoms in total. The largest absolute Gasteiger partial charge is 0.493 e. The third-order valence-electron chi connectivity index (χ3n) is 3.73. The van der Waals surface area contributed by atoms with E-state index in [9.17, 15) is 0 Å². The van der Waals surface area contributed by atoms with E-state index in [-0.39, 0.29) is 11.8 Å². The SMILES string of the molecule is CC(CN(C)CC1CCOc2ccccc21)C(=N)N. The molecular formula is C15H23N3O. The molecule has 104 valence electrons. The highest BCUT2D eigenvalue weighted by Crippen LogP contribution is 2.33. The van der Waals surface area contributed by atoms with Crippen LogP contribution in [0.4, 0.5) is 0 Å². The summed E-state index contributed by atoms with van der Waals surface area (Å²) in [5.41, 5.74) is 6.83. The lowest BCUT2D eigenvalue weighted by Gasteiger charge is -2.30. The van der Waals surface area contributed by atoms with Gasteiger partial charge < -0.3 is 15.4 Å². The number of nitrogens with one attached hydrogen (secondary N) is 1. The van der Waals surface area contributed by atoms with E-state index >= 15 is 0 Å². The monoisotopic (exact) mass is 261 g/mol. The molecular weight excluding hydrogens is 238 g/mol. The van der Waals surface area contributed by atoms with E-state index < -0.39 is 0 Å². The number of nitrogens with two attached hydrogens (primary N) is 1. The number of amidine groups is 1. The first-order chi connectivity index (χ1) is 9.08. The van der Waals surface area contributed by atoms with Crippen LogP contribution < -0.4 is 10.5 Å². The molecule has 2 atom stereocenters. The molecule has 0 fully saturated rings. The maximum atomic E-state index is 7.46. The number of nitrogens with zero attached hydrogens (tertiary/aromatic N) is 1. The van der Waals surface area contributed by atoms with E-state index in [4.69, 9.17) is 15.9 Å². The quantitative estimate of drug-likeness (QED) is 0.630. The summed E-state index contributed by atoms with van der Waals surface area (Å²) in [5.74, 6) is 1.90. The van der Waals surface area contributed by atoms with Gasteiger partial charge in [-0.1, -0.05) is 25.1 Å². The first-order valence-corrected chi connectivity index (χ1v) is 6.82. The Balaban J connectivity index is 1.98. The predicted molar refractivity (Wildman–Crippen MR) is 77.9 cm³/mol. The van der Waals surface area contributed by atoms with Crippen molar-refractivity contribution in [1.29, 1.82) is 5.41 Å². The summed E-state index contributed by atoms with van der Waals surface area (Å²) in [7, 11) is 2.09. The van der Waals surface area contributed by atoms with Crippen LogP contribution in [0.3, 0.4) is 0 Å². The number of fused-ring (bicyclic) bond motifs is 1. The second-order valence-electron chi connectivity index (χ2n) is 5.45. The van der Waals surface area contributed by atoms with Crippen LogP contribution in [0.2, 0.25) is 0 Å². The molecule has 2 unspecified atom stereocenters. The Kier molecular flexibility index (Phi) is 4.43. The zero-order chi connectivity index (χ0) is 13.8. The molecule has 0 saturated heterocycles. The normalized spacial score (nSPS) is 19.6. The van der Waals surface area contributed by atoms with Gasteiger partial charge in [0.2, 0.25) is 0 Å². The summed E-state index contributed by atoms with van der Waals surface area (Å²) in [6.07, 6.45) is 1.05. The number of ether oxygens (including phenoxy) is 1. The van der Waals surface area contributed by atoms with Gasteiger partial charge in [-0.3, -0.25) is 5.41 Å². The zero-order valence-corrected chi connectivity index (χ0v) is 11.7. The van der Waals surface area contributed by atoms with Gasteiger partial charge in [-0.25, -0.2) is 0 Å². The lowest BCUT2D eigenvalue weighted by atomic mass is 9.92. The molecule has 0 amide bonds. The van der Waals surface area contributed by atoms with Crippen LogP contribution in [0.1, 0.15) is 24.8 Å². The lowest BCUT2D eigenvalue weighted by molar-refractivity contribution is 0.226. The number of likely N-dealkylation sites (N-methyl/N-ethyl adjacent to an activating group) is 1. The summed E-state index contributed by atoms with van der Waals surface area (Å²) in [6.45, 7) is 4.60. The summed E-state index contributed by atoms with van der Waals surface area (Å²) in [6, 6.07) is 8.28. The van der Waals surface area contributed by atoms with Crippen molar-refractivity contribution in [3.05, 3.63) is 29.8 Å². The fourth-order valence-corrected chi connectivity index (χ4v) is 2.62. The van der Waals surface area contributed by atoms with Gasteiger partial charge in [0.1, 0.15) is 5.75 Å². The Morgan fingerprint density at radius 1 is 1.53 bits per heavy atom. The summed E-state index contributed by atoms with van der Waals surface area (Å²) < 4.78 is 5.68. The van der Waals surface area contributed by atoms with E-state index in [1.807, 2.05) is 19.1 Å². The third kappa shape index (κ3) is 3.47. The van der Waals surface area contributed by atoms with Crippen molar-refractivity contribution in [2.45, 2.75) is 19.3 Å². The number of rotatable bonds is 5. The van der Waals surface area contributed by atoms with Gasteiger partial charge in [0, 0.05) is 24.9 Å². The van der Waals surface area contributed by atoms with Crippen molar-refractivity contribution in [2.75, 3.05) is 26.7 Å². The van der Waals surface area contributed by atoms with Crippen LogP contribution in [-0.2, 0) is 0 Å². The van der Waals surface area contributed by atoms with Crippen LogP contribution in [0.25, 0.3) is 0 Å². The summed E-state index contributed by atoms with van der Waals surface area (Å²) in [4.78, 5) is 2.26. The topological polar surface area (TPSA) is 62.3 Å². The van der Waals surface area contributed by atoms with Crippen LogP contribution in [0.15, 0.2) is 24.3 Å². The molecule has 0 spiro atoms. The minimum Gasteiger partial charge on any atom is -0.493 e. The highest BCUT2D eigenvalue weighted by atomic mass is 16.5. The average Bonchev–Trinajstić information content (AvgIpc) is 2.39. The van der Waals surface area contributed by atoms with Crippen molar-refractivity contribution >= 4 is 5.84 Å². The number of para-hydroxylation sites is 1. The fourth-order valence-electron chi connectivity index (χ4n) is 2.62. The maximum absolute atomic E-state index is 7.46. The van der Waals surface area contributed by atoms with E-state index in [0.29, 0.717) is 5.92 Å². The van der Waals surface area contributed by atoms with Gasteiger partial charge in [-0.15, -0.1) is 0 Å². The first kappa shape index (κ1) is 13.9. The van der Waals surface area contributed by atoms with E-state index in [0.717, 1.165) is 31.9 Å². The predicted octanol–water partition coefficient (Wildman–Crippen LogP) is 2.06. The molecule has 1 aliphatic heterocycles. The maximum Gasteiger partial charge on any atom is 0.122 e. The van der Waals surface area contributed by atoms with Gasteiger partial charge in [0.25, 0.3) is 0 Å². The molecule has 0 radical (unpaired) electrons. The second-order valence-corrected chi connectivity index (χ2v) is 5.45. The van der Waals surface area contributed by atoms with E-state index in [2.05, 4.69) is 24.1 Å². The van der Waals surface area contributed by atoms with E-state index in [1.165, 1.54) is 5.56 Å². The average molecular weight is 261 g/mol. The molecule has 19 heavy (non-hydrogen) atoms. The highest BCUT2D eigenvalue weighted by molar-refractivity contribution is 5.79. The molecule has 0 saturated carbocycles. The first-order valence-electron chi connectivity index (χ1n) is 6.82. The smallest absolute Gasteiger partial charge is 0.122 e. The molecule has 0 bridgehead atoms. The lowest BCUT2D eigenvalue weighted by Crippen LogP contribution is -2.35. The summed E-state index contributed by atoms with van der Waals surface area (Å²) >= 11 is 0. The Hall–Kier alpha value is -1.55. The van der Waals surface area contributed by atoms with Gasteiger partial charge in [-0.2, -0.15) is 0 Å². The fraction of sp³-hybridized carbons (Fsp3) is 0.533. The van der Waals surface area contributed by atoms with Crippen molar-refractivity contribution in [3.63, 3.8) is 0 Å². The van der Waals surface area contributed by atoms with Crippen molar-refractivity contribution in [2.24, 2.45) is 11.7 Å². The van der Waals surface area contributed by atoms with Crippen LogP contribution >= 0.6 is 0 Å². The minimum absolute atomic E-state index is 0.111. The van der Waals surface area contributed by atoms with Gasteiger partial charge >= 0.3 is 0 Å². The molecule has 0 aliphatic carbocycles. The van der Waals surface area contributed by atoms with Crippen LogP contribution in [-0.4, -0.2) is 37.5 Å². The second kappa shape index (κ2) is 6.06. The highest BCUT2D eigenvalue weighted by Gasteiger charge is 2.22. The Labute approximate surface area is 115 Å². The number of hydrogen-bond donors (Lipinski definition) is 2. The molecule has 1 aliphatic rings. The Bertz CT molecular complexity index is 447. The van der Waals surface area contributed by atoms with Crippen LogP contribution in [0.5, 0.6) is 5.75 Å². The number of benzene rings is 1. The van der Waals surface area contributed by atoms with E-state index in [1.54, 1.807) is 0 Å². The molecule has 0 aromatic heterocycles. The molecule has 1 aromatic rings. The van der Waals surface area contributed by atoms with Crippen molar-refractivity contribution in [3.8, 4) is 5.75 Å². The van der Waals surface area contributed by atoms with Crippen molar-refractivity contribution in [1.82, 2.24) is 4.90 Å². The zero-order valence-electron chi connectivity index (χ0n) is 11.7. The minimum atomic E-state index is 0.111. The molecule has 1 aromatic carbocycles. The Morgan fingerprint density at radius 3 is 3.00 bits per heavy atom. The molecule has 1 heterocycles. The molecule has 4 heteroatoms. The third-order valence-corrected chi connectivity index (χ3v) is 3.73. The Morgan fingerprint density at radius 2 is 2.26 bits per heavy atom. The molecule has 2 rings (SSSR count). The van der Waals surface area contributed by atoms with Gasteiger partial charge in [-0.05, 0) is 25.1 Å². The number of hydrogen-bond acceptors (Lipinski definition) is 3. The standard InChI is InChI=1S/C15H23N3O/c1-11(15(16)17)9-18(2)10-12-7-8-19-14-6-4-3-5-13(12)14/h3-6,11-12H,7-10H2,1-2H3,(H3,16,17). The van der Waals surface area contributed by atoms with Gasteiger partial charge in [0.15, 0.2) is 0 Å².